The first-order valence-corrected chi connectivity index (χ1v) is 5.45. The lowest BCUT2D eigenvalue weighted by atomic mass is 10.3. The largest absolute Gasteiger partial charge is 0.356 e. The van der Waals surface area contributed by atoms with Crippen LogP contribution in [-0.4, -0.2) is 23.2 Å². The molecule has 0 fully saturated rings. The Labute approximate surface area is 92.7 Å². The van der Waals surface area contributed by atoms with Gasteiger partial charge in [0.1, 0.15) is 11.1 Å². The molecule has 1 aromatic heterocycles. The minimum Gasteiger partial charge on any atom is -0.356 e. The molecule has 0 aliphatic rings. The van der Waals surface area contributed by atoms with Gasteiger partial charge in [0.05, 0.1) is 5.56 Å². The summed E-state index contributed by atoms with van der Waals surface area (Å²) < 4.78 is 0. The number of rotatable bonds is 4. The van der Waals surface area contributed by atoms with Crippen molar-refractivity contribution in [3.05, 3.63) is 23.9 Å². The van der Waals surface area contributed by atoms with Crippen molar-refractivity contribution < 1.29 is 4.79 Å². The van der Waals surface area contributed by atoms with Gasteiger partial charge in [0.15, 0.2) is 0 Å². The van der Waals surface area contributed by atoms with E-state index in [1.807, 2.05) is 0 Å². The number of carbonyl (C=O) groups excluding carboxylic acids is 1. The number of hydrogen-bond acceptors (Lipinski definition) is 4. The van der Waals surface area contributed by atoms with E-state index in [0.29, 0.717) is 22.9 Å². The predicted octanol–water partition coefficient (Wildman–Crippen LogP) is 1.18. The first-order chi connectivity index (χ1) is 7.24. The van der Waals surface area contributed by atoms with Crippen LogP contribution in [0.5, 0.6) is 0 Å². The van der Waals surface area contributed by atoms with Crippen LogP contribution in [0.15, 0.2) is 23.4 Å². The molecular weight excluding hydrogens is 210 g/mol. The monoisotopic (exact) mass is 221 g/mol. The van der Waals surface area contributed by atoms with Gasteiger partial charge in [-0.1, -0.05) is 0 Å². The summed E-state index contributed by atoms with van der Waals surface area (Å²) in [5.41, 5.74) is 0.574. The highest BCUT2D eigenvalue weighted by Gasteiger charge is 2.02. The Bertz CT molecular complexity index is 386. The molecular formula is C10H11N3OS. The number of pyridine rings is 1. The van der Waals surface area contributed by atoms with Crippen LogP contribution in [0.4, 0.5) is 0 Å². The third-order valence-corrected chi connectivity index (χ3v) is 2.61. The number of nitrogens with zero attached hydrogens (tertiary/aromatic N) is 2. The number of hydrogen-bond donors (Lipinski definition) is 1. The first-order valence-electron chi connectivity index (χ1n) is 4.46. The van der Waals surface area contributed by atoms with Crippen molar-refractivity contribution in [2.75, 3.05) is 12.3 Å². The van der Waals surface area contributed by atoms with Gasteiger partial charge in [0, 0.05) is 25.4 Å². The van der Waals surface area contributed by atoms with Gasteiger partial charge >= 0.3 is 0 Å². The van der Waals surface area contributed by atoms with Crippen molar-refractivity contribution in [2.45, 2.75) is 11.9 Å². The van der Waals surface area contributed by atoms with E-state index in [-0.39, 0.29) is 5.91 Å². The predicted molar refractivity (Wildman–Crippen MR) is 58.4 cm³/mol. The molecule has 1 rings (SSSR count). The quantitative estimate of drug-likeness (QED) is 0.612. The first kappa shape index (κ1) is 11.5. The van der Waals surface area contributed by atoms with E-state index >= 15 is 0 Å². The maximum atomic E-state index is 10.6. The third kappa shape index (κ3) is 4.00. The van der Waals surface area contributed by atoms with Gasteiger partial charge in [0.2, 0.25) is 5.91 Å². The van der Waals surface area contributed by atoms with E-state index in [0.717, 1.165) is 0 Å². The topological polar surface area (TPSA) is 65.8 Å². The SMILES string of the molecule is CC(=O)NCCSc1ncccc1C#N. The lowest BCUT2D eigenvalue weighted by Gasteiger charge is -2.02. The highest BCUT2D eigenvalue weighted by atomic mass is 32.2. The number of nitrogens with one attached hydrogen (secondary N) is 1. The van der Waals surface area contributed by atoms with Crippen LogP contribution in [0.25, 0.3) is 0 Å². The van der Waals surface area contributed by atoms with Crippen LogP contribution >= 0.6 is 11.8 Å². The molecule has 0 unspecified atom stereocenters. The molecule has 0 atom stereocenters. The minimum absolute atomic E-state index is 0.0443. The summed E-state index contributed by atoms with van der Waals surface area (Å²) in [4.78, 5) is 14.7. The molecule has 1 amide bonds. The Morgan fingerprint density at radius 3 is 3.20 bits per heavy atom. The molecule has 0 spiro atoms. The van der Waals surface area contributed by atoms with Crippen LogP contribution in [-0.2, 0) is 4.79 Å². The van der Waals surface area contributed by atoms with Gasteiger partial charge < -0.3 is 5.32 Å². The Morgan fingerprint density at radius 1 is 1.73 bits per heavy atom. The second-order valence-corrected chi connectivity index (χ2v) is 3.88. The van der Waals surface area contributed by atoms with Gasteiger partial charge in [-0.15, -0.1) is 11.8 Å². The van der Waals surface area contributed by atoms with Crippen LogP contribution in [0.1, 0.15) is 12.5 Å². The molecule has 0 aromatic carbocycles. The third-order valence-electron chi connectivity index (χ3n) is 1.61. The molecule has 1 heterocycles. The zero-order valence-electron chi connectivity index (χ0n) is 8.36. The summed E-state index contributed by atoms with van der Waals surface area (Å²) in [6, 6.07) is 5.54. The van der Waals surface area contributed by atoms with Crippen molar-refractivity contribution in [1.82, 2.24) is 10.3 Å². The van der Waals surface area contributed by atoms with Crippen molar-refractivity contribution in [2.24, 2.45) is 0 Å². The van der Waals surface area contributed by atoms with Crippen LogP contribution < -0.4 is 5.32 Å². The molecule has 0 saturated carbocycles. The fourth-order valence-electron chi connectivity index (χ4n) is 0.966. The lowest BCUT2D eigenvalue weighted by Crippen LogP contribution is -2.22. The molecule has 1 aromatic rings. The van der Waals surface area contributed by atoms with Gasteiger partial charge in [-0.05, 0) is 12.1 Å². The maximum absolute atomic E-state index is 10.6. The molecule has 0 radical (unpaired) electrons. The van der Waals surface area contributed by atoms with Gasteiger partial charge in [-0.2, -0.15) is 5.26 Å². The number of amides is 1. The van der Waals surface area contributed by atoms with Crippen molar-refractivity contribution in [3.8, 4) is 6.07 Å². The van der Waals surface area contributed by atoms with E-state index in [4.69, 9.17) is 5.26 Å². The van der Waals surface area contributed by atoms with Gasteiger partial charge in [-0.25, -0.2) is 4.98 Å². The highest BCUT2D eigenvalue weighted by molar-refractivity contribution is 7.99. The van der Waals surface area contributed by atoms with E-state index in [9.17, 15) is 4.79 Å². The maximum Gasteiger partial charge on any atom is 0.216 e. The second kappa shape index (κ2) is 6.04. The zero-order valence-corrected chi connectivity index (χ0v) is 9.17. The molecule has 0 aliphatic heterocycles. The number of nitriles is 1. The molecule has 0 aliphatic carbocycles. The summed E-state index contributed by atoms with van der Waals surface area (Å²) in [7, 11) is 0. The van der Waals surface area contributed by atoms with Crippen molar-refractivity contribution >= 4 is 17.7 Å². The Balaban J connectivity index is 2.44. The van der Waals surface area contributed by atoms with Crippen molar-refractivity contribution in [1.29, 1.82) is 5.26 Å². The molecule has 0 bridgehead atoms. The van der Waals surface area contributed by atoms with E-state index in [1.54, 1.807) is 18.3 Å². The molecule has 0 saturated heterocycles. The summed E-state index contributed by atoms with van der Waals surface area (Å²) in [5.74, 6) is 0.669. The zero-order chi connectivity index (χ0) is 11.1. The standard InChI is InChI=1S/C10H11N3OS/c1-8(14)12-5-6-15-10-9(7-11)3-2-4-13-10/h2-4H,5-6H2,1H3,(H,12,14). The highest BCUT2D eigenvalue weighted by Crippen LogP contribution is 2.18. The summed E-state index contributed by atoms with van der Waals surface area (Å²) in [6.45, 7) is 2.06. The summed E-state index contributed by atoms with van der Waals surface area (Å²) in [5, 5.41) is 12.2. The average Bonchev–Trinajstić information content (AvgIpc) is 2.24. The summed E-state index contributed by atoms with van der Waals surface area (Å²) >= 11 is 1.47. The lowest BCUT2D eigenvalue weighted by molar-refractivity contribution is -0.118. The normalized spacial score (nSPS) is 9.33. The smallest absolute Gasteiger partial charge is 0.216 e. The van der Waals surface area contributed by atoms with Gasteiger partial charge in [0.25, 0.3) is 0 Å². The number of thioether (sulfide) groups is 1. The molecule has 1 N–H and O–H groups in total. The Kier molecular flexibility index (Phi) is 4.64. The summed E-state index contributed by atoms with van der Waals surface area (Å²) in [6.07, 6.45) is 1.65. The van der Waals surface area contributed by atoms with Crippen LogP contribution in [0.3, 0.4) is 0 Å². The minimum atomic E-state index is -0.0443. The number of carbonyl (C=O) groups is 1. The fraction of sp³-hybridized carbons (Fsp3) is 0.300. The van der Waals surface area contributed by atoms with E-state index in [2.05, 4.69) is 16.4 Å². The van der Waals surface area contributed by atoms with E-state index in [1.165, 1.54) is 18.7 Å². The fourth-order valence-corrected chi connectivity index (χ4v) is 1.77. The molecule has 4 nitrogen and oxygen atoms in total. The van der Waals surface area contributed by atoms with E-state index < -0.39 is 0 Å². The average molecular weight is 221 g/mol. The second-order valence-electron chi connectivity index (χ2n) is 2.80. The molecule has 5 heteroatoms. The van der Waals surface area contributed by atoms with Crippen molar-refractivity contribution in [3.63, 3.8) is 0 Å². The Morgan fingerprint density at radius 2 is 2.53 bits per heavy atom. The van der Waals surface area contributed by atoms with Gasteiger partial charge in [-0.3, -0.25) is 4.79 Å². The van der Waals surface area contributed by atoms with Crippen LogP contribution in [0.2, 0.25) is 0 Å². The number of aromatic nitrogens is 1. The Hall–Kier alpha value is -1.54. The van der Waals surface area contributed by atoms with Crippen LogP contribution in [0, 0.1) is 11.3 Å². The molecule has 78 valence electrons. The molecule has 15 heavy (non-hydrogen) atoms.